The lowest BCUT2D eigenvalue weighted by atomic mass is 10.0. The Balaban J connectivity index is 1.68. The minimum atomic E-state index is -0.0570. The van der Waals surface area contributed by atoms with Gasteiger partial charge in [-0.15, -0.1) is 0 Å². The first kappa shape index (κ1) is 19.4. The minimum Gasteiger partial charge on any atom is -0.497 e. The Morgan fingerprint density at radius 2 is 1.68 bits per heavy atom. The fourth-order valence-corrected chi connectivity index (χ4v) is 3.17. The summed E-state index contributed by atoms with van der Waals surface area (Å²) in [5, 5.41) is 2.97. The van der Waals surface area contributed by atoms with Crippen molar-refractivity contribution in [3.63, 3.8) is 0 Å². The summed E-state index contributed by atoms with van der Waals surface area (Å²) < 4.78 is 5.28. The largest absolute Gasteiger partial charge is 0.497 e. The van der Waals surface area contributed by atoms with Crippen LogP contribution in [0.15, 0.2) is 48.5 Å². The lowest BCUT2D eigenvalue weighted by molar-refractivity contribution is -0.116. The first-order valence-corrected chi connectivity index (χ1v) is 9.10. The monoisotopic (exact) mass is 376 g/mol. The Labute approximate surface area is 164 Å². The van der Waals surface area contributed by atoms with Gasteiger partial charge < -0.3 is 15.8 Å². The van der Waals surface area contributed by atoms with E-state index in [2.05, 4.69) is 15.3 Å². The number of ether oxygens (including phenoxy) is 1. The van der Waals surface area contributed by atoms with E-state index in [9.17, 15) is 4.79 Å². The van der Waals surface area contributed by atoms with Gasteiger partial charge in [0.15, 0.2) is 0 Å². The van der Waals surface area contributed by atoms with Crippen molar-refractivity contribution in [2.45, 2.75) is 26.7 Å². The second kappa shape index (κ2) is 8.52. The predicted molar refractivity (Wildman–Crippen MR) is 111 cm³/mol. The van der Waals surface area contributed by atoms with Crippen molar-refractivity contribution in [1.82, 2.24) is 9.97 Å². The van der Waals surface area contributed by atoms with Gasteiger partial charge in [-0.25, -0.2) is 9.97 Å². The molecule has 28 heavy (non-hydrogen) atoms. The molecule has 6 nitrogen and oxygen atoms in total. The number of benzene rings is 2. The van der Waals surface area contributed by atoms with Crippen LogP contribution in [-0.4, -0.2) is 23.0 Å². The highest BCUT2D eigenvalue weighted by atomic mass is 16.5. The topological polar surface area (TPSA) is 90.1 Å². The van der Waals surface area contributed by atoms with E-state index in [4.69, 9.17) is 10.5 Å². The smallest absolute Gasteiger partial charge is 0.224 e. The maximum absolute atomic E-state index is 12.4. The van der Waals surface area contributed by atoms with E-state index in [1.54, 1.807) is 7.11 Å². The van der Waals surface area contributed by atoms with Crippen molar-refractivity contribution >= 4 is 17.5 Å². The van der Waals surface area contributed by atoms with Crippen molar-refractivity contribution in [3.8, 4) is 16.9 Å². The molecule has 0 unspecified atom stereocenters. The van der Waals surface area contributed by atoms with E-state index in [1.165, 1.54) is 0 Å². The van der Waals surface area contributed by atoms with Crippen LogP contribution in [0.1, 0.15) is 23.4 Å². The summed E-state index contributed by atoms with van der Waals surface area (Å²) in [5.74, 6) is 0.999. The fraction of sp³-hybridized carbons (Fsp3) is 0.227. The Morgan fingerprint density at radius 3 is 2.36 bits per heavy atom. The molecule has 0 bridgehead atoms. The summed E-state index contributed by atoms with van der Waals surface area (Å²) in [6.45, 7) is 3.77. The SMILES string of the molecule is COc1cccc(-c2cccc(NC(=O)CCc3c(C)nc(N)nc3C)c2)c1. The highest BCUT2D eigenvalue weighted by Crippen LogP contribution is 2.26. The molecule has 6 heteroatoms. The number of nitrogens with two attached hydrogens (primary N) is 1. The molecule has 3 aromatic rings. The van der Waals surface area contributed by atoms with Gasteiger partial charge in [0.1, 0.15) is 5.75 Å². The van der Waals surface area contributed by atoms with Crippen LogP contribution in [0.25, 0.3) is 11.1 Å². The molecule has 1 aromatic heterocycles. The third-order valence-corrected chi connectivity index (χ3v) is 4.59. The predicted octanol–water partition coefficient (Wildman–Crippen LogP) is 3.92. The zero-order valence-corrected chi connectivity index (χ0v) is 16.3. The number of hydrogen-bond acceptors (Lipinski definition) is 5. The number of nitrogen functional groups attached to an aromatic ring is 1. The van der Waals surface area contributed by atoms with Gasteiger partial charge >= 0.3 is 0 Å². The number of aromatic nitrogens is 2. The number of anilines is 2. The van der Waals surface area contributed by atoms with Crippen LogP contribution >= 0.6 is 0 Å². The lowest BCUT2D eigenvalue weighted by Crippen LogP contribution is -2.14. The number of nitrogens with zero attached hydrogens (tertiary/aromatic N) is 2. The number of methoxy groups -OCH3 is 1. The van der Waals surface area contributed by atoms with Crippen LogP contribution in [0.3, 0.4) is 0 Å². The molecule has 0 aliphatic carbocycles. The molecular formula is C22H24N4O2. The van der Waals surface area contributed by atoms with Gasteiger partial charge in [0.05, 0.1) is 7.11 Å². The number of hydrogen-bond donors (Lipinski definition) is 2. The molecule has 0 aliphatic heterocycles. The Morgan fingerprint density at radius 1 is 1.04 bits per heavy atom. The van der Waals surface area contributed by atoms with Crippen LogP contribution in [0.4, 0.5) is 11.6 Å². The number of aryl methyl sites for hydroxylation is 2. The summed E-state index contributed by atoms with van der Waals surface area (Å²) in [7, 11) is 1.64. The van der Waals surface area contributed by atoms with Gasteiger partial charge in [-0.3, -0.25) is 4.79 Å². The van der Waals surface area contributed by atoms with E-state index < -0.39 is 0 Å². The average molecular weight is 376 g/mol. The Kier molecular flexibility index (Phi) is 5.89. The summed E-state index contributed by atoms with van der Waals surface area (Å²) >= 11 is 0. The standard InChI is InChI=1S/C22H24N4O2/c1-14-20(15(2)25-22(23)24-14)10-11-21(27)26-18-8-4-6-16(12-18)17-7-5-9-19(13-17)28-3/h4-9,12-13H,10-11H2,1-3H3,(H,26,27)(H2,23,24,25). The number of carbonyl (C=O) groups is 1. The Bertz CT molecular complexity index is 978. The second-order valence-electron chi connectivity index (χ2n) is 6.59. The van der Waals surface area contributed by atoms with Gasteiger partial charge in [0, 0.05) is 23.5 Å². The second-order valence-corrected chi connectivity index (χ2v) is 6.59. The van der Waals surface area contributed by atoms with Crippen LogP contribution in [0.5, 0.6) is 5.75 Å². The molecule has 2 aromatic carbocycles. The van der Waals surface area contributed by atoms with E-state index in [1.807, 2.05) is 62.4 Å². The van der Waals surface area contributed by atoms with Crippen LogP contribution in [0.2, 0.25) is 0 Å². The van der Waals surface area contributed by atoms with Gasteiger partial charge in [0.25, 0.3) is 0 Å². The first-order chi connectivity index (χ1) is 13.5. The highest BCUT2D eigenvalue weighted by molar-refractivity contribution is 5.91. The van der Waals surface area contributed by atoms with E-state index in [-0.39, 0.29) is 11.9 Å². The van der Waals surface area contributed by atoms with Gasteiger partial charge in [-0.1, -0.05) is 24.3 Å². The third-order valence-electron chi connectivity index (χ3n) is 4.59. The maximum Gasteiger partial charge on any atom is 0.224 e. The van der Waals surface area contributed by atoms with Crippen molar-refractivity contribution < 1.29 is 9.53 Å². The van der Waals surface area contributed by atoms with Gasteiger partial charge in [-0.2, -0.15) is 0 Å². The van der Waals surface area contributed by atoms with Crippen molar-refractivity contribution in [1.29, 1.82) is 0 Å². The molecule has 0 radical (unpaired) electrons. The third kappa shape index (κ3) is 4.65. The lowest BCUT2D eigenvalue weighted by Gasteiger charge is -2.11. The van der Waals surface area contributed by atoms with Crippen molar-refractivity contribution in [2.75, 3.05) is 18.2 Å². The molecule has 0 fully saturated rings. The van der Waals surface area contributed by atoms with Crippen LogP contribution in [0, 0.1) is 13.8 Å². The van der Waals surface area contributed by atoms with E-state index in [0.717, 1.165) is 39.5 Å². The van der Waals surface area contributed by atoms with Crippen LogP contribution < -0.4 is 15.8 Å². The number of nitrogens with one attached hydrogen (secondary N) is 1. The molecule has 1 amide bonds. The Hall–Kier alpha value is -3.41. The minimum absolute atomic E-state index is 0.0570. The zero-order valence-electron chi connectivity index (χ0n) is 16.3. The molecule has 144 valence electrons. The molecule has 3 N–H and O–H groups in total. The molecule has 0 aliphatic rings. The van der Waals surface area contributed by atoms with E-state index >= 15 is 0 Å². The van der Waals surface area contributed by atoms with Gasteiger partial charge in [0.2, 0.25) is 11.9 Å². The quantitative estimate of drug-likeness (QED) is 0.680. The van der Waals surface area contributed by atoms with Crippen molar-refractivity contribution in [3.05, 3.63) is 65.5 Å². The van der Waals surface area contributed by atoms with Crippen molar-refractivity contribution in [2.24, 2.45) is 0 Å². The first-order valence-electron chi connectivity index (χ1n) is 9.10. The summed E-state index contributed by atoms with van der Waals surface area (Å²) in [6, 6.07) is 15.6. The number of amides is 1. The summed E-state index contributed by atoms with van der Waals surface area (Å²) in [4.78, 5) is 20.8. The highest BCUT2D eigenvalue weighted by Gasteiger charge is 2.10. The number of rotatable bonds is 6. The molecular weight excluding hydrogens is 352 g/mol. The maximum atomic E-state index is 12.4. The summed E-state index contributed by atoms with van der Waals surface area (Å²) in [5.41, 5.74) is 11.1. The normalized spacial score (nSPS) is 10.5. The fourth-order valence-electron chi connectivity index (χ4n) is 3.17. The molecule has 3 rings (SSSR count). The average Bonchev–Trinajstić information content (AvgIpc) is 2.67. The van der Waals surface area contributed by atoms with E-state index in [0.29, 0.717) is 12.8 Å². The number of carbonyl (C=O) groups excluding carboxylic acids is 1. The molecule has 0 saturated carbocycles. The van der Waals surface area contributed by atoms with Crippen LogP contribution in [-0.2, 0) is 11.2 Å². The molecule has 0 atom stereocenters. The molecule has 0 saturated heterocycles. The molecule has 1 heterocycles. The van der Waals surface area contributed by atoms with Gasteiger partial charge in [-0.05, 0) is 61.2 Å². The summed E-state index contributed by atoms with van der Waals surface area (Å²) in [6.07, 6.45) is 0.914. The molecule has 0 spiro atoms. The zero-order chi connectivity index (χ0) is 20.1.